The second kappa shape index (κ2) is 14.5. The number of rotatable bonds is 12. The fourth-order valence-electron chi connectivity index (χ4n) is 4.28. The number of nitrogens with one attached hydrogen (secondary N) is 1. The highest BCUT2D eigenvalue weighted by molar-refractivity contribution is 5.97. The van der Waals surface area contributed by atoms with Crippen LogP contribution in [0.1, 0.15) is 48.3 Å². The zero-order valence-electron chi connectivity index (χ0n) is 24.0. The van der Waals surface area contributed by atoms with Crippen LogP contribution >= 0.6 is 0 Å². The molecule has 1 aromatic heterocycles. The number of carbonyl (C=O) groups is 3. The van der Waals surface area contributed by atoms with Crippen molar-refractivity contribution in [1.29, 1.82) is 0 Å². The van der Waals surface area contributed by atoms with Gasteiger partial charge in [0.1, 0.15) is 24.1 Å². The molecule has 3 aromatic carbocycles. The maximum atomic E-state index is 13.3. The average Bonchev–Trinajstić information content (AvgIpc) is 3.01. The minimum absolute atomic E-state index is 0.00556. The molecule has 0 aliphatic rings. The van der Waals surface area contributed by atoms with Gasteiger partial charge >= 0.3 is 18.1 Å². The van der Waals surface area contributed by atoms with E-state index in [2.05, 4.69) is 15.3 Å². The normalized spacial score (nSPS) is 11.9. The van der Waals surface area contributed by atoms with Gasteiger partial charge in [0.15, 0.2) is 0 Å². The van der Waals surface area contributed by atoms with E-state index in [1.54, 1.807) is 13.8 Å². The summed E-state index contributed by atoms with van der Waals surface area (Å²) >= 11 is 0. The Bertz CT molecular complexity index is 1610. The lowest BCUT2D eigenvalue weighted by Gasteiger charge is -2.17. The Kier molecular flexibility index (Phi) is 10.5. The molecule has 1 heterocycles. The van der Waals surface area contributed by atoms with Crippen molar-refractivity contribution in [3.05, 3.63) is 89.6 Å². The van der Waals surface area contributed by atoms with Gasteiger partial charge < -0.3 is 19.5 Å². The summed E-state index contributed by atoms with van der Waals surface area (Å²) in [5, 5.41) is 2.59. The molecule has 0 aliphatic heterocycles. The number of alkyl halides is 3. The van der Waals surface area contributed by atoms with Gasteiger partial charge in [0, 0.05) is 17.5 Å². The predicted molar refractivity (Wildman–Crippen MR) is 155 cm³/mol. The number of benzene rings is 3. The molecule has 12 heteroatoms. The highest BCUT2D eigenvalue weighted by atomic mass is 19.4. The lowest BCUT2D eigenvalue weighted by molar-refractivity contribution is -0.147. The third kappa shape index (κ3) is 8.30. The molecule has 0 aliphatic carbocycles. The molecule has 1 atom stereocenters. The van der Waals surface area contributed by atoms with Crippen LogP contribution in [-0.4, -0.2) is 47.1 Å². The number of hydrogen-bond donors (Lipinski definition) is 1. The van der Waals surface area contributed by atoms with Crippen LogP contribution in [0.25, 0.3) is 22.3 Å². The SMILES string of the molecule is CCOC(=O)CCC(NC(=O)c1ccc(OCc2nc3cc(C(F)(F)F)ccc3nc2-c2ccccc2)cc1)C(=O)OCC. The summed E-state index contributed by atoms with van der Waals surface area (Å²) in [7, 11) is 0. The Balaban J connectivity index is 1.50. The van der Waals surface area contributed by atoms with Gasteiger partial charge in [-0.25, -0.2) is 14.8 Å². The predicted octanol–water partition coefficient (Wildman–Crippen LogP) is 5.90. The molecule has 9 nitrogen and oxygen atoms in total. The van der Waals surface area contributed by atoms with E-state index in [-0.39, 0.29) is 43.7 Å². The van der Waals surface area contributed by atoms with Crippen molar-refractivity contribution in [2.45, 2.75) is 45.5 Å². The monoisotopic (exact) mass is 609 g/mol. The fraction of sp³-hybridized carbons (Fsp3) is 0.281. The number of carbonyl (C=O) groups excluding carboxylic acids is 3. The summed E-state index contributed by atoms with van der Waals surface area (Å²) < 4.78 is 55.8. The summed E-state index contributed by atoms with van der Waals surface area (Å²) in [4.78, 5) is 46.0. The quantitative estimate of drug-likeness (QED) is 0.198. The van der Waals surface area contributed by atoms with Gasteiger partial charge in [0.2, 0.25) is 0 Å². The van der Waals surface area contributed by atoms with Crippen LogP contribution < -0.4 is 10.1 Å². The van der Waals surface area contributed by atoms with Crippen LogP contribution in [0, 0.1) is 0 Å². The first kappa shape index (κ1) is 31.9. The molecule has 0 saturated carbocycles. The molecule has 4 rings (SSSR count). The second-order valence-corrected chi connectivity index (χ2v) is 9.52. The summed E-state index contributed by atoms with van der Waals surface area (Å²) in [6.07, 6.45) is -4.61. The van der Waals surface area contributed by atoms with Gasteiger partial charge in [-0.1, -0.05) is 30.3 Å². The van der Waals surface area contributed by atoms with E-state index in [1.165, 1.54) is 30.3 Å². The number of nitrogens with zero attached hydrogens (tertiary/aromatic N) is 2. The van der Waals surface area contributed by atoms with Crippen molar-refractivity contribution in [2.75, 3.05) is 13.2 Å². The zero-order valence-corrected chi connectivity index (χ0v) is 24.0. The first-order chi connectivity index (χ1) is 21.1. The molecule has 1 N–H and O–H groups in total. The van der Waals surface area contributed by atoms with Crippen LogP contribution in [0.3, 0.4) is 0 Å². The largest absolute Gasteiger partial charge is 0.487 e. The van der Waals surface area contributed by atoms with Crippen molar-refractivity contribution in [3.8, 4) is 17.0 Å². The maximum absolute atomic E-state index is 13.3. The van der Waals surface area contributed by atoms with Gasteiger partial charge in [-0.05, 0) is 62.7 Å². The third-order valence-corrected chi connectivity index (χ3v) is 6.42. The van der Waals surface area contributed by atoms with Gasteiger partial charge in [-0.3, -0.25) is 9.59 Å². The minimum atomic E-state index is -4.53. The average molecular weight is 610 g/mol. The van der Waals surface area contributed by atoms with Crippen LogP contribution in [0.2, 0.25) is 0 Å². The molecule has 0 radical (unpaired) electrons. The Labute approximate surface area is 251 Å². The molecule has 0 saturated heterocycles. The Morgan fingerprint density at radius 3 is 2.23 bits per heavy atom. The molecule has 0 bridgehead atoms. The molecule has 230 valence electrons. The molecular weight excluding hydrogens is 579 g/mol. The van der Waals surface area contributed by atoms with E-state index in [0.717, 1.165) is 12.1 Å². The lowest BCUT2D eigenvalue weighted by atomic mass is 10.1. The van der Waals surface area contributed by atoms with Gasteiger partial charge in [0.25, 0.3) is 5.91 Å². The van der Waals surface area contributed by atoms with Crippen LogP contribution in [0.5, 0.6) is 5.75 Å². The van der Waals surface area contributed by atoms with Crippen LogP contribution in [0.4, 0.5) is 13.2 Å². The summed E-state index contributed by atoms with van der Waals surface area (Å²) in [5.41, 5.74) is 1.26. The number of amides is 1. The van der Waals surface area contributed by atoms with Crippen molar-refractivity contribution in [1.82, 2.24) is 15.3 Å². The van der Waals surface area contributed by atoms with Crippen molar-refractivity contribution < 1.29 is 41.8 Å². The second-order valence-electron chi connectivity index (χ2n) is 9.52. The third-order valence-electron chi connectivity index (χ3n) is 6.42. The number of esters is 2. The standard InChI is InChI=1S/C32H30F3N3O6/c1-3-42-28(39)17-16-25(31(41)43-4-2)38-30(40)21-10-13-23(14-11-21)44-19-27-29(20-8-6-5-7-9-20)37-24-15-12-22(32(33,34)35)18-26(24)36-27/h5-15,18,25H,3-4,16-17,19H2,1-2H3,(H,38,40). The first-order valence-corrected chi connectivity index (χ1v) is 13.9. The van der Waals surface area contributed by atoms with E-state index in [9.17, 15) is 27.6 Å². The summed E-state index contributed by atoms with van der Waals surface area (Å²) in [6, 6.07) is 17.3. The fourth-order valence-corrected chi connectivity index (χ4v) is 4.28. The number of ether oxygens (including phenoxy) is 3. The van der Waals surface area contributed by atoms with E-state index < -0.39 is 35.6 Å². The first-order valence-electron chi connectivity index (χ1n) is 13.9. The molecular formula is C32H30F3N3O6. The number of halogens is 3. The van der Waals surface area contributed by atoms with E-state index in [0.29, 0.717) is 28.2 Å². The Morgan fingerprint density at radius 1 is 0.864 bits per heavy atom. The Morgan fingerprint density at radius 2 is 1.57 bits per heavy atom. The van der Waals surface area contributed by atoms with Crippen molar-refractivity contribution >= 4 is 28.9 Å². The summed E-state index contributed by atoms with van der Waals surface area (Å²) in [5.74, 6) is -1.37. The lowest BCUT2D eigenvalue weighted by Crippen LogP contribution is -2.42. The zero-order chi connectivity index (χ0) is 31.7. The molecule has 4 aromatic rings. The van der Waals surface area contributed by atoms with Gasteiger partial charge in [0.05, 0.1) is 35.5 Å². The highest BCUT2D eigenvalue weighted by Gasteiger charge is 2.31. The number of aromatic nitrogens is 2. The molecule has 44 heavy (non-hydrogen) atoms. The number of fused-ring (bicyclic) bond motifs is 1. The van der Waals surface area contributed by atoms with Crippen molar-refractivity contribution in [3.63, 3.8) is 0 Å². The van der Waals surface area contributed by atoms with E-state index in [1.807, 2.05) is 30.3 Å². The summed E-state index contributed by atoms with van der Waals surface area (Å²) in [6.45, 7) is 3.48. The topological polar surface area (TPSA) is 117 Å². The van der Waals surface area contributed by atoms with Crippen LogP contribution in [0.15, 0.2) is 72.8 Å². The van der Waals surface area contributed by atoms with E-state index >= 15 is 0 Å². The smallest absolute Gasteiger partial charge is 0.416 e. The molecule has 1 unspecified atom stereocenters. The van der Waals surface area contributed by atoms with E-state index in [4.69, 9.17) is 14.2 Å². The van der Waals surface area contributed by atoms with Crippen LogP contribution in [-0.2, 0) is 31.8 Å². The maximum Gasteiger partial charge on any atom is 0.416 e. The van der Waals surface area contributed by atoms with Gasteiger partial charge in [-0.15, -0.1) is 0 Å². The minimum Gasteiger partial charge on any atom is -0.487 e. The number of hydrogen-bond acceptors (Lipinski definition) is 8. The molecule has 0 fully saturated rings. The van der Waals surface area contributed by atoms with Gasteiger partial charge in [-0.2, -0.15) is 13.2 Å². The molecule has 0 spiro atoms. The molecule has 1 amide bonds. The highest BCUT2D eigenvalue weighted by Crippen LogP contribution is 2.32. The van der Waals surface area contributed by atoms with Crippen molar-refractivity contribution in [2.24, 2.45) is 0 Å². The Hall–Kier alpha value is -5.00.